The smallest absolute Gasteiger partial charge is 0.223 e. The van der Waals surface area contributed by atoms with Gasteiger partial charge in [0.15, 0.2) is 11.5 Å². The minimum absolute atomic E-state index is 0.0295. The first-order valence-electron chi connectivity index (χ1n) is 9.91. The lowest BCUT2D eigenvalue weighted by Gasteiger charge is -2.32. The summed E-state index contributed by atoms with van der Waals surface area (Å²) < 4.78 is 25.5. The van der Waals surface area contributed by atoms with Gasteiger partial charge in [0.2, 0.25) is 5.91 Å². The van der Waals surface area contributed by atoms with Crippen molar-refractivity contribution in [2.45, 2.75) is 25.5 Å². The number of hydrogen-bond acceptors (Lipinski definition) is 4. The zero-order valence-corrected chi connectivity index (χ0v) is 16.8. The van der Waals surface area contributed by atoms with Gasteiger partial charge in [-0.15, -0.1) is 0 Å². The number of rotatable bonds is 5. The predicted octanol–water partition coefficient (Wildman–Crippen LogP) is 3.65. The van der Waals surface area contributed by atoms with E-state index < -0.39 is 0 Å². The molecule has 0 radical (unpaired) electrons. The second-order valence-electron chi connectivity index (χ2n) is 7.53. The normalized spacial score (nSPS) is 19.7. The first-order chi connectivity index (χ1) is 14.1. The summed E-state index contributed by atoms with van der Waals surface area (Å²) in [4.78, 5) is 14.7. The van der Waals surface area contributed by atoms with E-state index in [0.29, 0.717) is 36.0 Å². The highest BCUT2D eigenvalue weighted by Crippen LogP contribution is 2.30. The van der Waals surface area contributed by atoms with E-state index in [0.717, 1.165) is 31.7 Å². The van der Waals surface area contributed by atoms with Crippen molar-refractivity contribution in [3.05, 3.63) is 58.9 Å². The van der Waals surface area contributed by atoms with Gasteiger partial charge >= 0.3 is 0 Å². The van der Waals surface area contributed by atoms with Crippen LogP contribution in [-0.4, -0.2) is 43.2 Å². The van der Waals surface area contributed by atoms with Gasteiger partial charge in [-0.1, -0.05) is 29.8 Å². The van der Waals surface area contributed by atoms with Crippen molar-refractivity contribution in [3.8, 4) is 11.5 Å². The molecule has 1 atom stereocenters. The number of piperidine rings is 1. The first-order valence-corrected chi connectivity index (χ1v) is 10.3. The molecule has 0 bridgehead atoms. The van der Waals surface area contributed by atoms with E-state index in [2.05, 4.69) is 10.2 Å². The molecular formula is C22H24ClFN2O3. The van der Waals surface area contributed by atoms with Crippen LogP contribution in [0.5, 0.6) is 11.5 Å². The van der Waals surface area contributed by atoms with E-state index in [9.17, 15) is 9.18 Å². The summed E-state index contributed by atoms with van der Waals surface area (Å²) in [7, 11) is 0. The number of nitrogens with one attached hydrogen (secondary N) is 1. The minimum atomic E-state index is -0.284. The standard InChI is InChI=1S/C22H24ClFN2O3/c23-17-6-5-16(19(24)11-17)13-26-9-7-15(8-10-26)22(27)25-12-18-14-28-20-3-1-2-4-21(20)29-18/h1-6,11,15,18H,7-10,12-14H2,(H,25,27). The highest BCUT2D eigenvalue weighted by molar-refractivity contribution is 6.30. The topological polar surface area (TPSA) is 50.8 Å². The SMILES string of the molecule is O=C(NCC1COc2ccccc2O1)C1CCN(Cc2ccc(Cl)cc2F)CC1. The molecule has 2 heterocycles. The van der Waals surface area contributed by atoms with E-state index in [-0.39, 0.29) is 23.7 Å². The Hall–Kier alpha value is -2.31. The average Bonchev–Trinajstić information content (AvgIpc) is 2.74. The number of ether oxygens (including phenoxy) is 2. The van der Waals surface area contributed by atoms with E-state index in [1.165, 1.54) is 6.07 Å². The molecule has 2 aromatic carbocycles. The molecule has 1 amide bonds. The number of para-hydroxylation sites is 2. The highest BCUT2D eigenvalue weighted by Gasteiger charge is 2.27. The van der Waals surface area contributed by atoms with Gasteiger partial charge < -0.3 is 14.8 Å². The number of nitrogens with zero attached hydrogens (tertiary/aromatic N) is 1. The third-order valence-corrected chi connectivity index (χ3v) is 5.67. The molecule has 1 saturated heterocycles. The molecule has 154 valence electrons. The van der Waals surface area contributed by atoms with Crippen LogP contribution in [-0.2, 0) is 11.3 Å². The van der Waals surface area contributed by atoms with E-state index in [1.54, 1.807) is 12.1 Å². The lowest BCUT2D eigenvalue weighted by atomic mass is 9.95. The lowest BCUT2D eigenvalue weighted by Crippen LogP contribution is -2.45. The van der Waals surface area contributed by atoms with Gasteiger partial charge in [-0.05, 0) is 50.2 Å². The molecule has 4 rings (SSSR count). The second kappa shape index (κ2) is 9.01. The van der Waals surface area contributed by atoms with Crippen molar-refractivity contribution < 1.29 is 18.7 Å². The molecule has 1 unspecified atom stereocenters. The van der Waals surface area contributed by atoms with Gasteiger partial charge in [0, 0.05) is 23.0 Å². The maximum Gasteiger partial charge on any atom is 0.223 e. The Labute approximate surface area is 174 Å². The van der Waals surface area contributed by atoms with Crippen LogP contribution in [0.2, 0.25) is 5.02 Å². The summed E-state index contributed by atoms with van der Waals surface area (Å²) in [6.07, 6.45) is 1.32. The van der Waals surface area contributed by atoms with E-state index in [1.807, 2.05) is 24.3 Å². The quantitative estimate of drug-likeness (QED) is 0.805. The monoisotopic (exact) mass is 418 g/mol. The van der Waals surface area contributed by atoms with Crippen LogP contribution in [0.15, 0.2) is 42.5 Å². The fraction of sp³-hybridized carbons (Fsp3) is 0.409. The molecule has 0 spiro atoms. The minimum Gasteiger partial charge on any atom is -0.486 e. The molecule has 1 fully saturated rings. The Morgan fingerprint density at radius 1 is 1.17 bits per heavy atom. The fourth-order valence-electron chi connectivity index (χ4n) is 3.77. The third-order valence-electron chi connectivity index (χ3n) is 5.44. The molecule has 0 aromatic heterocycles. The van der Waals surface area contributed by atoms with Crippen molar-refractivity contribution >= 4 is 17.5 Å². The van der Waals surface area contributed by atoms with Crippen LogP contribution in [0.3, 0.4) is 0 Å². The summed E-state index contributed by atoms with van der Waals surface area (Å²) >= 11 is 5.81. The van der Waals surface area contributed by atoms with Gasteiger partial charge in [-0.3, -0.25) is 9.69 Å². The van der Waals surface area contributed by atoms with E-state index >= 15 is 0 Å². The van der Waals surface area contributed by atoms with Gasteiger partial charge in [0.1, 0.15) is 18.5 Å². The summed E-state index contributed by atoms with van der Waals surface area (Å²) in [5, 5.41) is 3.40. The van der Waals surface area contributed by atoms with Crippen molar-refractivity contribution in [1.29, 1.82) is 0 Å². The molecule has 2 aliphatic heterocycles. The Morgan fingerprint density at radius 2 is 1.93 bits per heavy atom. The molecule has 7 heteroatoms. The van der Waals surface area contributed by atoms with E-state index in [4.69, 9.17) is 21.1 Å². The molecule has 0 aliphatic carbocycles. The van der Waals surface area contributed by atoms with Crippen molar-refractivity contribution in [2.24, 2.45) is 5.92 Å². The molecule has 1 N–H and O–H groups in total. The number of benzene rings is 2. The largest absolute Gasteiger partial charge is 0.486 e. The number of hydrogen-bond donors (Lipinski definition) is 1. The Kier molecular flexibility index (Phi) is 6.21. The highest BCUT2D eigenvalue weighted by atomic mass is 35.5. The number of amides is 1. The number of likely N-dealkylation sites (tertiary alicyclic amines) is 1. The Morgan fingerprint density at radius 3 is 2.69 bits per heavy atom. The molecule has 0 saturated carbocycles. The Balaban J connectivity index is 1.21. The van der Waals surface area contributed by atoms with Crippen molar-refractivity contribution in [1.82, 2.24) is 10.2 Å². The Bertz CT molecular complexity index is 871. The zero-order chi connectivity index (χ0) is 20.2. The predicted molar refractivity (Wildman–Crippen MR) is 109 cm³/mol. The summed E-state index contributed by atoms with van der Waals surface area (Å²) in [5.41, 5.74) is 0.632. The van der Waals surface area contributed by atoms with Crippen molar-refractivity contribution in [3.63, 3.8) is 0 Å². The van der Waals surface area contributed by atoms with Crippen LogP contribution in [0, 0.1) is 11.7 Å². The summed E-state index contributed by atoms with van der Waals surface area (Å²) in [6, 6.07) is 12.3. The molecule has 29 heavy (non-hydrogen) atoms. The molecule has 5 nitrogen and oxygen atoms in total. The third kappa shape index (κ3) is 5.00. The molecule has 2 aromatic rings. The number of fused-ring (bicyclic) bond motifs is 1. The van der Waals surface area contributed by atoms with Crippen LogP contribution in [0.1, 0.15) is 18.4 Å². The average molecular weight is 419 g/mol. The fourth-order valence-corrected chi connectivity index (χ4v) is 3.93. The summed E-state index contributed by atoms with van der Waals surface area (Å²) in [5.74, 6) is 1.18. The maximum atomic E-state index is 14.0. The summed E-state index contributed by atoms with van der Waals surface area (Å²) in [6.45, 7) is 2.89. The zero-order valence-electron chi connectivity index (χ0n) is 16.1. The van der Waals surface area contributed by atoms with Crippen LogP contribution < -0.4 is 14.8 Å². The second-order valence-corrected chi connectivity index (χ2v) is 7.97. The van der Waals surface area contributed by atoms with Crippen LogP contribution >= 0.6 is 11.6 Å². The van der Waals surface area contributed by atoms with Crippen LogP contribution in [0.4, 0.5) is 4.39 Å². The first kappa shape index (κ1) is 20.0. The van der Waals surface area contributed by atoms with Gasteiger partial charge in [0.05, 0.1) is 6.54 Å². The maximum absolute atomic E-state index is 14.0. The lowest BCUT2D eigenvalue weighted by molar-refractivity contribution is -0.127. The number of halogens is 2. The van der Waals surface area contributed by atoms with Gasteiger partial charge in [-0.25, -0.2) is 4.39 Å². The molecular weight excluding hydrogens is 395 g/mol. The number of carbonyl (C=O) groups is 1. The number of carbonyl (C=O) groups excluding carboxylic acids is 1. The van der Waals surface area contributed by atoms with Gasteiger partial charge in [-0.2, -0.15) is 0 Å². The van der Waals surface area contributed by atoms with Gasteiger partial charge in [0.25, 0.3) is 0 Å². The van der Waals surface area contributed by atoms with Crippen LogP contribution in [0.25, 0.3) is 0 Å². The van der Waals surface area contributed by atoms with Crippen molar-refractivity contribution in [2.75, 3.05) is 26.2 Å². The molecule has 2 aliphatic rings.